The van der Waals surface area contributed by atoms with E-state index in [0.29, 0.717) is 6.04 Å². The lowest BCUT2D eigenvalue weighted by atomic mass is 10.2. The standard InChI is InChI=1S/C25H30N6O2.2C2H6/c1-17(2)26-8-9-31(20-10-21(32-4)13-22(11-20)33-5)19-6-7-23-24(12-19)29-25(15-27-23)18-14-28-30(3)16-18;2*1-2/h6-7,10-17,26H,8-9H2,1-5H3;2*1-2H3. The summed E-state index contributed by atoms with van der Waals surface area (Å²) in [6.07, 6.45) is 5.52. The normalized spacial score (nSPS) is 10.3. The van der Waals surface area contributed by atoms with E-state index in [9.17, 15) is 0 Å². The van der Waals surface area contributed by atoms with Crippen LogP contribution < -0.4 is 19.7 Å². The highest BCUT2D eigenvalue weighted by Crippen LogP contribution is 2.34. The van der Waals surface area contributed by atoms with E-state index in [1.807, 2.05) is 65.2 Å². The third-order valence-electron chi connectivity index (χ3n) is 5.37. The number of nitrogens with one attached hydrogen (secondary N) is 1. The van der Waals surface area contributed by atoms with Crippen molar-refractivity contribution in [2.75, 3.05) is 32.2 Å². The molecular formula is C29H42N6O2. The number of fused-ring (bicyclic) bond motifs is 1. The van der Waals surface area contributed by atoms with Crippen LogP contribution in [0.4, 0.5) is 11.4 Å². The molecule has 200 valence electrons. The lowest BCUT2D eigenvalue weighted by molar-refractivity contribution is 0.394. The van der Waals surface area contributed by atoms with Crippen molar-refractivity contribution in [1.29, 1.82) is 0 Å². The zero-order valence-electron chi connectivity index (χ0n) is 23.7. The molecule has 0 saturated carbocycles. The summed E-state index contributed by atoms with van der Waals surface area (Å²) in [5.74, 6) is 1.48. The van der Waals surface area contributed by atoms with Gasteiger partial charge in [-0.05, 0) is 18.2 Å². The van der Waals surface area contributed by atoms with Crippen molar-refractivity contribution < 1.29 is 9.47 Å². The first-order valence-corrected chi connectivity index (χ1v) is 13.0. The van der Waals surface area contributed by atoms with Crippen LogP contribution in [0, 0.1) is 0 Å². The van der Waals surface area contributed by atoms with Crippen molar-refractivity contribution in [3.63, 3.8) is 0 Å². The molecule has 8 heteroatoms. The molecule has 37 heavy (non-hydrogen) atoms. The van der Waals surface area contributed by atoms with Gasteiger partial charge in [0.05, 0.1) is 43.3 Å². The minimum atomic E-state index is 0.399. The van der Waals surface area contributed by atoms with Crippen molar-refractivity contribution in [1.82, 2.24) is 25.1 Å². The Balaban J connectivity index is 0.00000115. The maximum atomic E-state index is 5.51. The lowest BCUT2D eigenvalue weighted by Crippen LogP contribution is -2.32. The van der Waals surface area contributed by atoms with Gasteiger partial charge in [0.2, 0.25) is 0 Å². The summed E-state index contributed by atoms with van der Waals surface area (Å²) in [5, 5.41) is 7.75. The number of hydrogen-bond acceptors (Lipinski definition) is 7. The summed E-state index contributed by atoms with van der Waals surface area (Å²) in [4.78, 5) is 11.7. The molecule has 0 radical (unpaired) electrons. The van der Waals surface area contributed by atoms with Crippen molar-refractivity contribution >= 4 is 22.4 Å². The largest absolute Gasteiger partial charge is 0.497 e. The number of hydrogen-bond donors (Lipinski definition) is 1. The van der Waals surface area contributed by atoms with Gasteiger partial charge in [0.1, 0.15) is 11.5 Å². The van der Waals surface area contributed by atoms with E-state index in [0.717, 1.165) is 58.3 Å². The number of rotatable bonds is 9. The first-order valence-electron chi connectivity index (χ1n) is 13.0. The Hall–Kier alpha value is -3.65. The third-order valence-corrected chi connectivity index (χ3v) is 5.37. The zero-order chi connectivity index (χ0) is 27.4. The van der Waals surface area contributed by atoms with E-state index < -0.39 is 0 Å². The van der Waals surface area contributed by atoms with Crippen LogP contribution in [-0.4, -0.2) is 53.1 Å². The fourth-order valence-corrected chi connectivity index (χ4v) is 3.68. The number of aryl methyl sites for hydroxylation is 1. The highest BCUT2D eigenvalue weighted by molar-refractivity contribution is 5.82. The topological polar surface area (TPSA) is 77.3 Å². The Morgan fingerprint density at radius 1 is 0.892 bits per heavy atom. The van der Waals surface area contributed by atoms with E-state index in [1.54, 1.807) is 31.3 Å². The molecular weight excluding hydrogens is 464 g/mol. The summed E-state index contributed by atoms with van der Waals surface area (Å²) < 4.78 is 12.8. The van der Waals surface area contributed by atoms with Crippen LogP contribution in [0.3, 0.4) is 0 Å². The van der Waals surface area contributed by atoms with Gasteiger partial charge in [-0.2, -0.15) is 5.10 Å². The van der Waals surface area contributed by atoms with Crippen LogP contribution >= 0.6 is 0 Å². The molecule has 0 aliphatic rings. The molecule has 0 aliphatic heterocycles. The summed E-state index contributed by atoms with van der Waals surface area (Å²) in [6.45, 7) is 13.9. The van der Waals surface area contributed by atoms with Gasteiger partial charge in [-0.3, -0.25) is 9.67 Å². The van der Waals surface area contributed by atoms with Crippen LogP contribution in [-0.2, 0) is 7.05 Å². The zero-order valence-corrected chi connectivity index (χ0v) is 23.7. The van der Waals surface area contributed by atoms with Crippen molar-refractivity contribution in [3.8, 4) is 22.8 Å². The summed E-state index contributed by atoms with van der Waals surface area (Å²) >= 11 is 0. The van der Waals surface area contributed by atoms with Crippen LogP contribution in [0.25, 0.3) is 22.3 Å². The fourth-order valence-electron chi connectivity index (χ4n) is 3.68. The highest BCUT2D eigenvalue weighted by atomic mass is 16.5. The van der Waals surface area contributed by atoms with Gasteiger partial charge in [0, 0.05) is 67.5 Å². The fraction of sp³-hybridized carbons (Fsp3) is 0.414. The summed E-state index contributed by atoms with van der Waals surface area (Å²) in [7, 11) is 5.21. The molecule has 0 bridgehead atoms. The predicted molar refractivity (Wildman–Crippen MR) is 154 cm³/mol. The Morgan fingerprint density at radius 3 is 2.14 bits per heavy atom. The molecule has 0 atom stereocenters. The second-order valence-corrected chi connectivity index (χ2v) is 8.16. The van der Waals surface area contributed by atoms with E-state index in [-0.39, 0.29) is 0 Å². The molecule has 2 aromatic heterocycles. The highest BCUT2D eigenvalue weighted by Gasteiger charge is 2.14. The van der Waals surface area contributed by atoms with Gasteiger partial charge in [-0.15, -0.1) is 0 Å². The van der Waals surface area contributed by atoms with E-state index in [4.69, 9.17) is 14.5 Å². The Bertz CT molecular complexity index is 1220. The van der Waals surface area contributed by atoms with Crippen LogP contribution in [0.2, 0.25) is 0 Å². The predicted octanol–water partition coefficient (Wildman–Crippen LogP) is 6.24. The van der Waals surface area contributed by atoms with Crippen LogP contribution in [0.5, 0.6) is 11.5 Å². The summed E-state index contributed by atoms with van der Waals surface area (Å²) in [5.41, 5.74) is 5.39. The molecule has 0 saturated heterocycles. The number of ether oxygens (including phenoxy) is 2. The average Bonchev–Trinajstić information content (AvgIpc) is 3.38. The molecule has 0 aliphatic carbocycles. The van der Waals surface area contributed by atoms with Gasteiger partial charge in [0.15, 0.2) is 0 Å². The number of anilines is 2. The Morgan fingerprint density at radius 2 is 1.57 bits per heavy atom. The Labute approximate surface area is 221 Å². The number of aromatic nitrogens is 4. The van der Waals surface area contributed by atoms with E-state index in [2.05, 4.69) is 46.3 Å². The number of benzene rings is 2. The first kappa shape index (κ1) is 29.6. The number of methoxy groups -OCH3 is 2. The molecule has 4 rings (SSSR count). The third kappa shape index (κ3) is 7.92. The molecule has 0 spiro atoms. The van der Waals surface area contributed by atoms with Crippen molar-refractivity contribution in [2.24, 2.45) is 7.05 Å². The maximum absolute atomic E-state index is 5.51. The van der Waals surface area contributed by atoms with Crippen LogP contribution in [0.15, 0.2) is 55.0 Å². The first-order chi connectivity index (χ1) is 18.0. The Kier molecular flexibility index (Phi) is 11.8. The molecule has 2 aromatic carbocycles. The molecule has 0 unspecified atom stereocenters. The number of nitrogens with zero attached hydrogens (tertiary/aromatic N) is 5. The van der Waals surface area contributed by atoms with E-state index in [1.165, 1.54) is 0 Å². The SMILES string of the molecule is CC.CC.COc1cc(OC)cc(N(CCNC(C)C)c2ccc3ncc(-c4cnn(C)c4)nc3c2)c1. The van der Waals surface area contributed by atoms with Crippen molar-refractivity contribution in [2.45, 2.75) is 47.6 Å². The quantitative estimate of drug-likeness (QED) is 0.288. The molecule has 0 fully saturated rings. The second kappa shape index (κ2) is 14.8. The molecule has 8 nitrogen and oxygen atoms in total. The molecule has 4 aromatic rings. The maximum Gasteiger partial charge on any atom is 0.124 e. The molecule has 2 heterocycles. The molecule has 1 N–H and O–H groups in total. The second-order valence-electron chi connectivity index (χ2n) is 8.16. The average molecular weight is 507 g/mol. The van der Waals surface area contributed by atoms with Gasteiger partial charge in [-0.25, -0.2) is 4.98 Å². The minimum absolute atomic E-state index is 0.399. The van der Waals surface area contributed by atoms with Gasteiger partial charge >= 0.3 is 0 Å². The summed E-state index contributed by atoms with van der Waals surface area (Å²) in [6, 6.07) is 12.5. The van der Waals surface area contributed by atoms with Gasteiger partial charge < -0.3 is 19.7 Å². The van der Waals surface area contributed by atoms with Crippen LogP contribution in [0.1, 0.15) is 41.5 Å². The smallest absolute Gasteiger partial charge is 0.124 e. The van der Waals surface area contributed by atoms with Gasteiger partial charge in [-0.1, -0.05) is 41.5 Å². The van der Waals surface area contributed by atoms with Crippen molar-refractivity contribution in [3.05, 3.63) is 55.0 Å². The van der Waals surface area contributed by atoms with E-state index >= 15 is 0 Å². The molecule has 0 amide bonds. The van der Waals surface area contributed by atoms with Gasteiger partial charge in [0.25, 0.3) is 0 Å². The monoisotopic (exact) mass is 506 g/mol. The lowest BCUT2D eigenvalue weighted by Gasteiger charge is -2.27. The minimum Gasteiger partial charge on any atom is -0.497 e.